The molecular formula is C6H10N2O2. The zero-order chi connectivity index (χ0) is 7.40. The highest BCUT2D eigenvalue weighted by Gasteiger charge is 2.07. The number of rotatable bonds is 1. The number of nitrogens with one attached hydrogen (secondary N) is 2. The summed E-state index contributed by atoms with van der Waals surface area (Å²) in [5.74, 6) is -0.837. The summed E-state index contributed by atoms with van der Waals surface area (Å²) < 4.78 is 0. The zero-order valence-electron chi connectivity index (χ0n) is 5.55. The van der Waals surface area contributed by atoms with Gasteiger partial charge >= 0.3 is 5.97 Å². The van der Waals surface area contributed by atoms with E-state index in [0.717, 1.165) is 13.0 Å². The minimum atomic E-state index is -0.837. The highest BCUT2D eigenvalue weighted by atomic mass is 16.4. The molecule has 0 atom stereocenters. The summed E-state index contributed by atoms with van der Waals surface area (Å²) in [6.45, 7) is 0.813. The van der Waals surface area contributed by atoms with Crippen LogP contribution in [0.25, 0.3) is 0 Å². The van der Waals surface area contributed by atoms with E-state index >= 15 is 0 Å². The molecule has 1 aliphatic heterocycles. The lowest BCUT2D eigenvalue weighted by Gasteiger charge is -1.95. The highest BCUT2D eigenvalue weighted by Crippen LogP contribution is 2.04. The maximum Gasteiger partial charge on any atom is 0.333 e. The van der Waals surface area contributed by atoms with E-state index in [4.69, 9.17) is 5.11 Å². The molecule has 0 saturated carbocycles. The van der Waals surface area contributed by atoms with E-state index in [1.807, 2.05) is 0 Å². The maximum absolute atomic E-state index is 10.4. The Balaban J connectivity index is 2.54. The molecule has 1 aliphatic rings. The molecule has 0 fully saturated rings. The van der Waals surface area contributed by atoms with Crippen LogP contribution in [0.4, 0.5) is 0 Å². The smallest absolute Gasteiger partial charge is 0.333 e. The molecule has 0 aliphatic carbocycles. The molecule has 3 N–H and O–H groups in total. The Morgan fingerprint density at radius 2 is 2.50 bits per heavy atom. The molecule has 0 amide bonds. The number of hydrazine groups is 1. The minimum Gasteiger partial charge on any atom is -0.478 e. The van der Waals surface area contributed by atoms with E-state index in [-0.39, 0.29) is 0 Å². The second-order valence-corrected chi connectivity index (χ2v) is 2.15. The van der Waals surface area contributed by atoms with Crippen LogP contribution >= 0.6 is 0 Å². The summed E-state index contributed by atoms with van der Waals surface area (Å²) in [5, 5.41) is 8.53. The molecule has 1 heterocycles. The van der Waals surface area contributed by atoms with Gasteiger partial charge in [0.1, 0.15) is 0 Å². The molecule has 0 aromatic carbocycles. The summed E-state index contributed by atoms with van der Waals surface area (Å²) in [6.07, 6.45) is 3.00. The third-order valence-electron chi connectivity index (χ3n) is 1.37. The number of carboxylic acid groups (broad SMARTS) is 1. The average molecular weight is 142 g/mol. The van der Waals surface area contributed by atoms with Crippen LogP contribution in [-0.4, -0.2) is 17.6 Å². The third-order valence-corrected chi connectivity index (χ3v) is 1.37. The molecule has 4 nitrogen and oxygen atoms in total. The van der Waals surface area contributed by atoms with Crippen molar-refractivity contribution in [2.24, 2.45) is 0 Å². The van der Waals surface area contributed by atoms with Gasteiger partial charge in [-0.2, -0.15) is 0 Å². The highest BCUT2D eigenvalue weighted by molar-refractivity contribution is 5.86. The van der Waals surface area contributed by atoms with Crippen molar-refractivity contribution in [2.45, 2.75) is 12.8 Å². The summed E-state index contributed by atoms with van der Waals surface area (Å²) in [6, 6.07) is 0. The van der Waals surface area contributed by atoms with Gasteiger partial charge in [0.05, 0.1) is 5.57 Å². The molecule has 0 aromatic heterocycles. The lowest BCUT2D eigenvalue weighted by Crippen LogP contribution is -2.26. The monoisotopic (exact) mass is 142 g/mol. The van der Waals surface area contributed by atoms with E-state index in [9.17, 15) is 4.79 Å². The van der Waals surface area contributed by atoms with Crippen molar-refractivity contribution in [1.29, 1.82) is 0 Å². The van der Waals surface area contributed by atoms with Crippen LogP contribution in [0.3, 0.4) is 0 Å². The lowest BCUT2D eigenvalue weighted by molar-refractivity contribution is -0.132. The van der Waals surface area contributed by atoms with Crippen LogP contribution in [0.1, 0.15) is 12.8 Å². The van der Waals surface area contributed by atoms with Gasteiger partial charge in [-0.25, -0.2) is 10.2 Å². The second kappa shape index (κ2) is 3.22. The first-order valence-electron chi connectivity index (χ1n) is 3.21. The van der Waals surface area contributed by atoms with E-state index in [1.54, 1.807) is 0 Å². The Bertz CT molecular complexity index is 165. The van der Waals surface area contributed by atoms with Gasteiger partial charge in [0.25, 0.3) is 0 Å². The Kier molecular flexibility index (Phi) is 2.28. The third kappa shape index (κ3) is 1.73. The van der Waals surface area contributed by atoms with Crippen LogP contribution < -0.4 is 10.9 Å². The molecule has 1 rings (SSSR count). The van der Waals surface area contributed by atoms with E-state index in [0.29, 0.717) is 12.0 Å². The predicted molar refractivity (Wildman–Crippen MR) is 36.1 cm³/mol. The summed E-state index contributed by atoms with van der Waals surface area (Å²) in [5.41, 5.74) is 5.96. The lowest BCUT2D eigenvalue weighted by atomic mass is 10.2. The van der Waals surface area contributed by atoms with Gasteiger partial charge in [-0.05, 0) is 12.8 Å². The number of carbonyl (C=O) groups is 1. The van der Waals surface area contributed by atoms with Crippen LogP contribution in [0, 0.1) is 0 Å². The number of hydrogen-bond acceptors (Lipinski definition) is 3. The largest absolute Gasteiger partial charge is 0.478 e. The molecule has 0 spiro atoms. The predicted octanol–water partition coefficient (Wildman–Crippen LogP) is -0.157. The molecular weight excluding hydrogens is 132 g/mol. The van der Waals surface area contributed by atoms with E-state index in [1.165, 1.54) is 6.20 Å². The quantitative estimate of drug-likeness (QED) is 0.476. The van der Waals surface area contributed by atoms with Crippen LogP contribution in [0.2, 0.25) is 0 Å². The van der Waals surface area contributed by atoms with Crippen LogP contribution in [-0.2, 0) is 4.79 Å². The van der Waals surface area contributed by atoms with Crippen molar-refractivity contribution >= 4 is 5.97 Å². The Labute approximate surface area is 58.9 Å². The average Bonchev–Trinajstić information content (AvgIpc) is 2.12. The molecule has 0 saturated heterocycles. The van der Waals surface area contributed by atoms with Crippen LogP contribution in [0.5, 0.6) is 0 Å². The van der Waals surface area contributed by atoms with Crippen molar-refractivity contribution in [1.82, 2.24) is 10.9 Å². The van der Waals surface area contributed by atoms with Gasteiger partial charge in [0.2, 0.25) is 0 Å². The minimum absolute atomic E-state index is 0.435. The standard InChI is InChI=1S/C6H10N2O2/c9-6(10)5-2-1-3-7-8-4-5/h4,7-8H,1-3H2,(H,9,10). The van der Waals surface area contributed by atoms with E-state index < -0.39 is 5.97 Å². The molecule has 0 radical (unpaired) electrons. The first kappa shape index (κ1) is 7.08. The molecule has 10 heavy (non-hydrogen) atoms. The van der Waals surface area contributed by atoms with Gasteiger partial charge in [-0.3, -0.25) is 0 Å². The first-order chi connectivity index (χ1) is 4.80. The number of hydrogen-bond donors (Lipinski definition) is 3. The maximum atomic E-state index is 10.4. The fraction of sp³-hybridized carbons (Fsp3) is 0.500. The van der Waals surface area contributed by atoms with Crippen molar-refractivity contribution in [3.05, 3.63) is 11.8 Å². The van der Waals surface area contributed by atoms with Gasteiger partial charge in [-0.1, -0.05) is 0 Å². The molecule has 0 unspecified atom stereocenters. The van der Waals surface area contributed by atoms with Crippen molar-refractivity contribution < 1.29 is 9.90 Å². The SMILES string of the molecule is O=C(O)C1=CNNCCC1. The Hall–Kier alpha value is -1.03. The number of carboxylic acids is 1. The van der Waals surface area contributed by atoms with Gasteiger partial charge in [0, 0.05) is 12.7 Å². The van der Waals surface area contributed by atoms with Crippen molar-refractivity contribution in [2.75, 3.05) is 6.54 Å². The van der Waals surface area contributed by atoms with Crippen LogP contribution in [0.15, 0.2) is 11.8 Å². The summed E-state index contributed by atoms with van der Waals surface area (Å²) >= 11 is 0. The molecule has 4 heteroatoms. The topological polar surface area (TPSA) is 61.4 Å². The van der Waals surface area contributed by atoms with Gasteiger partial charge in [-0.15, -0.1) is 0 Å². The van der Waals surface area contributed by atoms with Crippen molar-refractivity contribution in [3.63, 3.8) is 0 Å². The fourth-order valence-corrected chi connectivity index (χ4v) is 0.818. The van der Waals surface area contributed by atoms with Gasteiger partial charge in [0.15, 0.2) is 0 Å². The fourth-order valence-electron chi connectivity index (χ4n) is 0.818. The second-order valence-electron chi connectivity index (χ2n) is 2.15. The first-order valence-corrected chi connectivity index (χ1v) is 3.21. The normalized spacial score (nSPS) is 18.6. The summed E-state index contributed by atoms with van der Waals surface area (Å²) in [7, 11) is 0. The molecule has 56 valence electrons. The Morgan fingerprint density at radius 3 is 3.20 bits per heavy atom. The zero-order valence-corrected chi connectivity index (χ0v) is 5.55. The molecule has 0 bridgehead atoms. The van der Waals surface area contributed by atoms with Gasteiger partial charge < -0.3 is 10.5 Å². The van der Waals surface area contributed by atoms with Crippen molar-refractivity contribution in [3.8, 4) is 0 Å². The summed E-state index contributed by atoms with van der Waals surface area (Å²) in [4.78, 5) is 10.4. The molecule has 0 aromatic rings. The van der Waals surface area contributed by atoms with E-state index in [2.05, 4.69) is 10.9 Å². The number of aliphatic carboxylic acids is 1. The Morgan fingerprint density at radius 1 is 1.70 bits per heavy atom.